The number of rotatable bonds is 4. The van der Waals surface area contributed by atoms with E-state index in [-0.39, 0.29) is 0 Å². The lowest BCUT2D eigenvalue weighted by atomic mass is 10.3. The number of hydrogen-bond acceptors (Lipinski definition) is 5. The summed E-state index contributed by atoms with van der Waals surface area (Å²) in [6, 6.07) is 11.1. The highest BCUT2D eigenvalue weighted by Crippen LogP contribution is 2.28. The van der Waals surface area contributed by atoms with E-state index in [0.717, 1.165) is 0 Å². The Morgan fingerprint density at radius 1 is 1.11 bits per heavy atom. The quantitative estimate of drug-likeness (QED) is 0.857. The SMILES string of the molecule is COc1ccc(N)c(Oc2ccc(SC)cc2)n1. The molecule has 0 radical (unpaired) electrons. The summed E-state index contributed by atoms with van der Waals surface area (Å²) < 4.78 is 10.7. The summed E-state index contributed by atoms with van der Waals surface area (Å²) in [6.07, 6.45) is 2.03. The smallest absolute Gasteiger partial charge is 0.246 e. The Kier molecular flexibility index (Phi) is 3.94. The molecule has 0 aliphatic rings. The number of thioether (sulfide) groups is 1. The van der Waals surface area contributed by atoms with Crippen molar-refractivity contribution in [3.63, 3.8) is 0 Å². The van der Waals surface area contributed by atoms with Gasteiger partial charge < -0.3 is 15.2 Å². The topological polar surface area (TPSA) is 57.4 Å². The molecule has 0 aliphatic carbocycles. The van der Waals surface area contributed by atoms with Crippen molar-refractivity contribution in [3.05, 3.63) is 36.4 Å². The fourth-order valence-corrected chi connectivity index (χ4v) is 1.79. The van der Waals surface area contributed by atoms with Gasteiger partial charge in [-0.1, -0.05) is 0 Å². The van der Waals surface area contributed by atoms with Crippen LogP contribution in [0.2, 0.25) is 0 Å². The molecule has 4 nitrogen and oxygen atoms in total. The number of ether oxygens (including phenoxy) is 2. The van der Waals surface area contributed by atoms with Crippen LogP contribution in [0.3, 0.4) is 0 Å². The van der Waals surface area contributed by atoms with Crippen LogP contribution in [0.25, 0.3) is 0 Å². The second kappa shape index (κ2) is 5.64. The molecule has 94 valence electrons. The third kappa shape index (κ3) is 2.87. The van der Waals surface area contributed by atoms with Gasteiger partial charge in [-0.2, -0.15) is 4.98 Å². The Hall–Kier alpha value is -1.88. The van der Waals surface area contributed by atoms with E-state index in [1.807, 2.05) is 30.5 Å². The molecule has 2 aromatic rings. The van der Waals surface area contributed by atoms with Crippen LogP contribution in [0.5, 0.6) is 17.5 Å². The first kappa shape index (κ1) is 12.6. The first-order valence-corrected chi connectivity index (χ1v) is 6.58. The van der Waals surface area contributed by atoms with Gasteiger partial charge in [-0.05, 0) is 36.6 Å². The molecule has 5 heteroatoms. The van der Waals surface area contributed by atoms with Crippen molar-refractivity contribution in [3.8, 4) is 17.5 Å². The van der Waals surface area contributed by atoms with Crippen LogP contribution in [0, 0.1) is 0 Å². The van der Waals surface area contributed by atoms with Gasteiger partial charge in [0.15, 0.2) is 0 Å². The minimum Gasteiger partial charge on any atom is -0.481 e. The van der Waals surface area contributed by atoms with Gasteiger partial charge in [-0.15, -0.1) is 11.8 Å². The molecular formula is C13H14N2O2S. The van der Waals surface area contributed by atoms with Crippen molar-refractivity contribution in [1.29, 1.82) is 0 Å². The highest BCUT2D eigenvalue weighted by atomic mass is 32.2. The van der Waals surface area contributed by atoms with Gasteiger partial charge in [0.05, 0.1) is 12.8 Å². The normalized spacial score (nSPS) is 10.1. The Morgan fingerprint density at radius 2 is 1.83 bits per heavy atom. The largest absolute Gasteiger partial charge is 0.481 e. The summed E-state index contributed by atoms with van der Waals surface area (Å²) in [5.41, 5.74) is 6.28. The van der Waals surface area contributed by atoms with E-state index < -0.39 is 0 Å². The first-order chi connectivity index (χ1) is 8.72. The van der Waals surface area contributed by atoms with Crippen LogP contribution in [-0.2, 0) is 0 Å². The highest BCUT2D eigenvalue weighted by Gasteiger charge is 2.06. The third-order valence-corrected chi connectivity index (χ3v) is 3.09. The fourth-order valence-electron chi connectivity index (χ4n) is 1.39. The van der Waals surface area contributed by atoms with E-state index in [1.165, 1.54) is 4.90 Å². The summed E-state index contributed by atoms with van der Waals surface area (Å²) in [5, 5.41) is 0. The molecule has 0 fully saturated rings. The average Bonchev–Trinajstić information content (AvgIpc) is 2.42. The molecule has 2 rings (SSSR count). The number of methoxy groups -OCH3 is 1. The van der Waals surface area contributed by atoms with Gasteiger partial charge in [-0.3, -0.25) is 0 Å². The molecule has 1 aromatic heterocycles. The van der Waals surface area contributed by atoms with E-state index in [2.05, 4.69) is 4.98 Å². The number of nitrogens with two attached hydrogens (primary N) is 1. The number of anilines is 1. The number of nitrogens with zero attached hydrogens (tertiary/aromatic N) is 1. The minimum absolute atomic E-state index is 0.353. The number of nitrogen functional groups attached to an aromatic ring is 1. The number of aromatic nitrogens is 1. The Morgan fingerprint density at radius 3 is 2.44 bits per heavy atom. The zero-order chi connectivity index (χ0) is 13.0. The van der Waals surface area contributed by atoms with Crippen LogP contribution in [-0.4, -0.2) is 18.3 Å². The van der Waals surface area contributed by atoms with Crippen LogP contribution in [0.1, 0.15) is 0 Å². The molecule has 0 unspecified atom stereocenters. The van der Waals surface area contributed by atoms with Crippen molar-refractivity contribution < 1.29 is 9.47 Å². The molecule has 0 aliphatic heterocycles. The fraction of sp³-hybridized carbons (Fsp3) is 0.154. The summed E-state index contributed by atoms with van der Waals surface area (Å²) >= 11 is 1.68. The summed E-state index contributed by atoms with van der Waals surface area (Å²) in [7, 11) is 1.55. The number of benzene rings is 1. The van der Waals surface area contributed by atoms with Crippen LogP contribution >= 0.6 is 11.8 Å². The standard InChI is InChI=1S/C13H14N2O2S/c1-16-12-8-7-11(14)13(15-12)17-9-3-5-10(18-2)6-4-9/h3-8H,14H2,1-2H3. The van der Waals surface area contributed by atoms with E-state index in [4.69, 9.17) is 15.2 Å². The lowest BCUT2D eigenvalue weighted by molar-refractivity contribution is 0.384. The number of hydrogen-bond donors (Lipinski definition) is 1. The first-order valence-electron chi connectivity index (χ1n) is 5.35. The summed E-state index contributed by atoms with van der Waals surface area (Å²) in [5.74, 6) is 1.52. The molecule has 0 amide bonds. The Balaban J connectivity index is 2.21. The summed E-state index contributed by atoms with van der Waals surface area (Å²) in [6.45, 7) is 0. The molecule has 0 atom stereocenters. The van der Waals surface area contributed by atoms with Gasteiger partial charge in [-0.25, -0.2) is 0 Å². The maximum atomic E-state index is 5.80. The molecular weight excluding hydrogens is 248 g/mol. The van der Waals surface area contributed by atoms with Gasteiger partial charge in [0.1, 0.15) is 5.75 Å². The van der Waals surface area contributed by atoms with Gasteiger partial charge in [0.2, 0.25) is 11.8 Å². The van der Waals surface area contributed by atoms with Crippen molar-refractivity contribution in [2.45, 2.75) is 4.90 Å². The molecule has 2 N–H and O–H groups in total. The predicted octanol–water partition coefficient (Wildman–Crippen LogP) is 3.19. The second-order valence-electron chi connectivity index (χ2n) is 3.53. The van der Waals surface area contributed by atoms with Crippen LogP contribution in [0.15, 0.2) is 41.3 Å². The van der Waals surface area contributed by atoms with Crippen LogP contribution < -0.4 is 15.2 Å². The Labute approximate surface area is 110 Å². The van der Waals surface area contributed by atoms with Crippen molar-refractivity contribution in [2.75, 3.05) is 19.1 Å². The Bertz CT molecular complexity index is 529. The monoisotopic (exact) mass is 262 g/mol. The molecule has 18 heavy (non-hydrogen) atoms. The molecule has 0 spiro atoms. The highest BCUT2D eigenvalue weighted by molar-refractivity contribution is 7.98. The zero-order valence-corrected chi connectivity index (χ0v) is 11.0. The van der Waals surface area contributed by atoms with Crippen molar-refractivity contribution in [1.82, 2.24) is 4.98 Å². The average molecular weight is 262 g/mol. The zero-order valence-electron chi connectivity index (χ0n) is 10.2. The third-order valence-electron chi connectivity index (χ3n) is 2.35. The maximum absolute atomic E-state index is 5.80. The van der Waals surface area contributed by atoms with Crippen molar-refractivity contribution >= 4 is 17.4 Å². The van der Waals surface area contributed by atoms with Crippen LogP contribution in [0.4, 0.5) is 5.69 Å². The lowest BCUT2D eigenvalue weighted by Gasteiger charge is -2.09. The van der Waals surface area contributed by atoms with E-state index in [0.29, 0.717) is 23.2 Å². The molecule has 1 heterocycles. The second-order valence-corrected chi connectivity index (χ2v) is 4.41. The minimum atomic E-state index is 0.353. The van der Waals surface area contributed by atoms with E-state index in [1.54, 1.807) is 31.0 Å². The van der Waals surface area contributed by atoms with Gasteiger partial charge in [0.25, 0.3) is 0 Å². The molecule has 0 saturated heterocycles. The number of pyridine rings is 1. The van der Waals surface area contributed by atoms with Gasteiger partial charge in [0, 0.05) is 11.0 Å². The van der Waals surface area contributed by atoms with E-state index in [9.17, 15) is 0 Å². The van der Waals surface area contributed by atoms with E-state index >= 15 is 0 Å². The summed E-state index contributed by atoms with van der Waals surface area (Å²) in [4.78, 5) is 5.33. The predicted molar refractivity (Wildman–Crippen MR) is 73.5 cm³/mol. The van der Waals surface area contributed by atoms with Crippen molar-refractivity contribution in [2.24, 2.45) is 0 Å². The molecule has 1 aromatic carbocycles. The molecule has 0 bridgehead atoms. The lowest BCUT2D eigenvalue weighted by Crippen LogP contribution is -1.97. The van der Waals surface area contributed by atoms with Gasteiger partial charge >= 0.3 is 0 Å². The maximum Gasteiger partial charge on any atom is 0.246 e. The molecule has 0 saturated carbocycles.